The molecule has 5 rings (SSSR count). The zero-order valence-electron chi connectivity index (χ0n) is 19.0. The van der Waals surface area contributed by atoms with Gasteiger partial charge in [-0.25, -0.2) is 4.99 Å². The first-order valence-electron chi connectivity index (χ1n) is 11.3. The van der Waals surface area contributed by atoms with Gasteiger partial charge in [-0.05, 0) is 95.5 Å². The first-order valence-corrected chi connectivity index (χ1v) is 11.3. The van der Waals surface area contributed by atoms with Crippen LogP contribution in [0.25, 0.3) is 33.2 Å². The molecule has 3 nitrogen and oxygen atoms in total. The molecule has 0 amide bonds. The second-order valence-electron chi connectivity index (χ2n) is 8.49. The van der Waals surface area contributed by atoms with E-state index in [2.05, 4.69) is 80.6 Å². The van der Waals surface area contributed by atoms with Crippen molar-refractivity contribution in [3.05, 3.63) is 107 Å². The van der Waals surface area contributed by atoms with Crippen LogP contribution >= 0.6 is 0 Å². The number of nitrogens with two attached hydrogens (primary N) is 1. The number of aliphatic imine (C=N–C) groups is 1. The van der Waals surface area contributed by atoms with Gasteiger partial charge in [0.25, 0.3) is 0 Å². The lowest BCUT2D eigenvalue weighted by molar-refractivity contribution is 0.997. The third-order valence-electron chi connectivity index (χ3n) is 6.41. The fraction of sp³-hybridized carbons (Fsp3) is 0.138. The number of benzene rings is 3. The summed E-state index contributed by atoms with van der Waals surface area (Å²) in [6.07, 6.45) is 9.00. The van der Waals surface area contributed by atoms with Crippen molar-refractivity contribution in [2.75, 3.05) is 6.54 Å². The minimum absolute atomic E-state index is 0.541. The van der Waals surface area contributed by atoms with Crippen LogP contribution in [0.3, 0.4) is 0 Å². The van der Waals surface area contributed by atoms with Gasteiger partial charge in [0.05, 0.1) is 11.4 Å². The van der Waals surface area contributed by atoms with Crippen molar-refractivity contribution in [2.45, 2.75) is 20.3 Å². The number of rotatable bonds is 5. The van der Waals surface area contributed by atoms with Crippen LogP contribution in [0.4, 0.5) is 0 Å². The Morgan fingerprint density at radius 1 is 0.909 bits per heavy atom. The van der Waals surface area contributed by atoms with Gasteiger partial charge in [0.1, 0.15) is 0 Å². The molecule has 4 heteroatoms. The first kappa shape index (κ1) is 21.2. The van der Waals surface area contributed by atoms with E-state index in [9.17, 15) is 0 Å². The molecule has 0 aliphatic carbocycles. The number of allylic oxidation sites excluding steroid dienone is 3. The lowest BCUT2D eigenvalue weighted by atomic mass is 9.92. The third kappa shape index (κ3) is 3.77. The summed E-state index contributed by atoms with van der Waals surface area (Å²) in [5.74, 6) is 0. The molecular formula is C29H26BN3. The summed E-state index contributed by atoms with van der Waals surface area (Å²) in [6.45, 7) is 4.84. The van der Waals surface area contributed by atoms with E-state index in [1.165, 1.54) is 32.7 Å². The van der Waals surface area contributed by atoms with Crippen LogP contribution in [0.5, 0.6) is 0 Å². The summed E-state index contributed by atoms with van der Waals surface area (Å²) in [5.41, 5.74) is 13.5. The summed E-state index contributed by atoms with van der Waals surface area (Å²) < 4.78 is 1.64. The van der Waals surface area contributed by atoms with Crippen molar-refractivity contribution in [3.63, 3.8) is 0 Å². The maximum absolute atomic E-state index is 6.13. The molecule has 0 spiro atoms. The van der Waals surface area contributed by atoms with E-state index in [1.54, 1.807) is 4.48 Å². The standard InChI is InChI=1S/C29H26BN3/c1-19-18-21(32-29(19)27(15-16-31)28-12-7-17-33(28)30)13-14-26-24-10-5-3-8-22(24)20(2)23-9-4-6-11-25(23)26/h3-14,17-18H,15-16,31H2,1-2H3. The second-order valence-corrected chi connectivity index (χ2v) is 8.49. The molecule has 1 aliphatic heterocycles. The van der Waals surface area contributed by atoms with Crippen molar-refractivity contribution < 1.29 is 0 Å². The molecule has 0 fully saturated rings. The maximum Gasteiger partial charge on any atom is 0.234 e. The van der Waals surface area contributed by atoms with Crippen molar-refractivity contribution in [3.8, 4) is 0 Å². The average molecular weight is 427 g/mol. The Morgan fingerprint density at radius 2 is 1.55 bits per heavy atom. The van der Waals surface area contributed by atoms with Crippen LogP contribution in [0.1, 0.15) is 30.2 Å². The number of aryl methyl sites for hydroxylation is 1. The van der Waals surface area contributed by atoms with Gasteiger partial charge in [-0.15, -0.1) is 0 Å². The van der Waals surface area contributed by atoms with E-state index in [1.807, 2.05) is 18.3 Å². The Hall–Kier alpha value is -3.63. The van der Waals surface area contributed by atoms with Crippen molar-refractivity contribution in [2.24, 2.45) is 10.7 Å². The number of fused-ring (bicyclic) bond motifs is 2. The predicted molar refractivity (Wildman–Crippen MR) is 143 cm³/mol. The molecule has 0 atom stereocenters. The minimum Gasteiger partial charge on any atom is -0.403 e. The summed E-state index contributed by atoms with van der Waals surface area (Å²) in [7, 11) is 6.13. The van der Waals surface area contributed by atoms with Crippen molar-refractivity contribution in [1.29, 1.82) is 0 Å². The van der Waals surface area contributed by atoms with Crippen LogP contribution in [0, 0.1) is 6.92 Å². The molecule has 0 bridgehead atoms. The highest BCUT2D eigenvalue weighted by atomic mass is 14.9. The lowest BCUT2D eigenvalue weighted by Gasteiger charge is -2.12. The third-order valence-corrected chi connectivity index (χ3v) is 6.41. The van der Waals surface area contributed by atoms with Gasteiger partial charge in [-0.2, -0.15) is 0 Å². The van der Waals surface area contributed by atoms with Gasteiger partial charge in [0, 0.05) is 11.3 Å². The Balaban J connectivity index is 1.63. The van der Waals surface area contributed by atoms with E-state index in [0.717, 1.165) is 34.7 Å². The normalized spacial score (nSPS) is 15.5. The van der Waals surface area contributed by atoms with E-state index in [4.69, 9.17) is 18.7 Å². The van der Waals surface area contributed by atoms with Crippen molar-refractivity contribution in [1.82, 2.24) is 4.48 Å². The van der Waals surface area contributed by atoms with Crippen molar-refractivity contribution >= 4 is 46.9 Å². The molecule has 1 aromatic heterocycles. The lowest BCUT2D eigenvalue weighted by Crippen LogP contribution is -2.05. The summed E-state index contributed by atoms with van der Waals surface area (Å²) in [4.78, 5) is 4.97. The van der Waals surface area contributed by atoms with Crippen LogP contribution in [-0.2, 0) is 0 Å². The molecule has 33 heavy (non-hydrogen) atoms. The monoisotopic (exact) mass is 427 g/mol. The highest BCUT2D eigenvalue weighted by Crippen LogP contribution is 2.34. The first-order chi connectivity index (χ1) is 16.1. The quantitative estimate of drug-likeness (QED) is 0.299. The van der Waals surface area contributed by atoms with Gasteiger partial charge in [0.15, 0.2) is 0 Å². The van der Waals surface area contributed by atoms with Gasteiger partial charge < -0.3 is 10.2 Å². The molecule has 0 saturated carbocycles. The average Bonchev–Trinajstić information content (AvgIpc) is 3.42. The largest absolute Gasteiger partial charge is 0.403 e. The molecular weight excluding hydrogens is 401 g/mol. The summed E-state index contributed by atoms with van der Waals surface area (Å²) in [5, 5.41) is 5.07. The smallest absolute Gasteiger partial charge is 0.234 e. The van der Waals surface area contributed by atoms with Gasteiger partial charge in [0.2, 0.25) is 7.98 Å². The summed E-state index contributed by atoms with van der Waals surface area (Å²) >= 11 is 0. The van der Waals surface area contributed by atoms with Gasteiger partial charge in [-0.1, -0.05) is 54.6 Å². The minimum atomic E-state index is 0.541. The Morgan fingerprint density at radius 3 is 2.12 bits per heavy atom. The Labute approximate surface area is 196 Å². The van der Waals surface area contributed by atoms with E-state index >= 15 is 0 Å². The predicted octanol–water partition coefficient (Wildman–Crippen LogP) is 6.21. The molecule has 1 aliphatic rings. The SMILES string of the molecule is [B]n1cccc1C(CCN)=C1N=C(C=Cc2c3ccccc3c(C)c3ccccc23)C=C1C. The van der Waals surface area contributed by atoms with Crippen LogP contribution < -0.4 is 5.73 Å². The van der Waals surface area contributed by atoms with Gasteiger partial charge in [-0.3, -0.25) is 0 Å². The number of hydrogen-bond donors (Lipinski definition) is 1. The van der Waals surface area contributed by atoms with Gasteiger partial charge >= 0.3 is 0 Å². The Kier molecular flexibility index (Phi) is 5.61. The van der Waals surface area contributed by atoms with Crippen LogP contribution in [0.15, 0.2) is 95.3 Å². The highest BCUT2D eigenvalue weighted by molar-refractivity contribution is 6.15. The zero-order valence-corrected chi connectivity index (χ0v) is 19.0. The molecule has 2 radical (unpaired) electrons. The fourth-order valence-electron chi connectivity index (χ4n) is 4.82. The molecule has 160 valence electrons. The van der Waals surface area contributed by atoms with Crippen LogP contribution in [-0.4, -0.2) is 24.7 Å². The van der Waals surface area contributed by atoms with E-state index < -0.39 is 0 Å². The molecule has 2 N–H and O–H groups in total. The molecule has 2 heterocycles. The molecule has 0 saturated heterocycles. The Bertz CT molecular complexity index is 1440. The number of aromatic nitrogens is 1. The highest BCUT2D eigenvalue weighted by Gasteiger charge is 2.17. The second kappa shape index (κ2) is 8.72. The summed E-state index contributed by atoms with van der Waals surface area (Å²) in [6, 6.07) is 21.2. The number of nitrogens with zero attached hydrogens (tertiary/aromatic N) is 2. The van der Waals surface area contributed by atoms with E-state index in [0.29, 0.717) is 6.54 Å². The number of hydrogen-bond acceptors (Lipinski definition) is 2. The fourth-order valence-corrected chi connectivity index (χ4v) is 4.82. The van der Waals surface area contributed by atoms with E-state index in [-0.39, 0.29) is 0 Å². The maximum atomic E-state index is 6.13. The molecule has 4 aromatic rings. The van der Waals surface area contributed by atoms with Crippen LogP contribution in [0.2, 0.25) is 0 Å². The zero-order chi connectivity index (χ0) is 22.9. The molecule has 0 unspecified atom stereocenters. The topological polar surface area (TPSA) is 43.3 Å². The molecule has 3 aromatic carbocycles.